The summed E-state index contributed by atoms with van der Waals surface area (Å²) in [6.45, 7) is -0.635. The third kappa shape index (κ3) is 1.91. The molecule has 74 valence electrons. The first-order chi connectivity index (χ1) is 6.72. The van der Waals surface area contributed by atoms with Crippen LogP contribution in [0.3, 0.4) is 0 Å². The van der Waals surface area contributed by atoms with Gasteiger partial charge in [-0.1, -0.05) is 5.18 Å². The summed E-state index contributed by atoms with van der Waals surface area (Å²) in [7, 11) is 0. The van der Waals surface area contributed by atoms with Gasteiger partial charge in [0.05, 0.1) is 6.61 Å². The largest absolute Gasteiger partial charge is 0.508 e. The number of aliphatic hydroxyl groups excluding tert-OH is 1. The molecule has 0 aliphatic carbocycles. The van der Waals surface area contributed by atoms with Gasteiger partial charge in [-0.15, -0.1) is 4.91 Å². The van der Waals surface area contributed by atoms with E-state index in [-0.39, 0.29) is 29.1 Å². The smallest absolute Gasteiger partial charge is 0.121 e. The van der Waals surface area contributed by atoms with Gasteiger partial charge in [0.2, 0.25) is 0 Å². The average molecular weight is 196 g/mol. The van der Waals surface area contributed by atoms with E-state index in [1.165, 1.54) is 12.1 Å². The maximum Gasteiger partial charge on any atom is 0.121 e. The van der Waals surface area contributed by atoms with Crippen molar-refractivity contribution >= 4 is 5.69 Å². The standard InChI is InChI=1S/C8H8N2O4/c11-4-6-1-7(10-14)5(3-9-13)2-8(6)12/h1-2,11-12H,3-4H2. The first-order valence-electron chi connectivity index (χ1n) is 3.81. The van der Waals surface area contributed by atoms with Gasteiger partial charge in [0, 0.05) is 11.1 Å². The predicted octanol–water partition coefficient (Wildman–Crippen LogP) is 1.55. The van der Waals surface area contributed by atoms with Crippen LogP contribution in [0.1, 0.15) is 11.1 Å². The fraction of sp³-hybridized carbons (Fsp3) is 0.250. The molecule has 14 heavy (non-hydrogen) atoms. The molecule has 0 aliphatic rings. The summed E-state index contributed by atoms with van der Waals surface area (Å²) in [5, 5.41) is 23.3. The second-order valence-electron chi connectivity index (χ2n) is 2.65. The minimum absolute atomic E-state index is 0.00597. The number of hydrogen-bond acceptors (Lipinski definition) is 6. The van der Waals surface area contributed by atoms with Crippen LogP contribution in [0.2, 0.25) is 0 Å². The first kappa shape index (κ1) is 10.3. The zero-order valence-corrected chi connectivity index (χ0v) is 7.17. The van der Waals surface area contributed by atoms with E-state index < -0.39 is 6.61 Å². The van der Waals surface area contributed by atoms with Crippen LogP contribution in [0.15, 0.2) is 22.5 Å². The summed E-state index contributed by atoms with van der Waals surface area (Å²) in [6, 6.07) is 2.42. The van der Waals surface area contributed by atoms with Crippen LogP contribution < -0.4 is 0 Å². The molecule has 0 fully saturated rings. The molecule has 0 radical (unpaired) electrons. The van der Waals surface area contributed by atoms with E-state index >= 15 is 0 Å². The maximum absolute atomic E-state index is 10.3. The highest BCUT2D eigenvalue weighted by molar-refractivity contribution is 5.53. The van der Waals surface area contributed by atoms with E-state index in [2.05, 4.69) is 10.4 Å². The van der Waals surface area contributed by atoms with Crippen LogP contribution in [-0.2, 0) is 13.2 Å². The fourth-order valence-electron chi connectivity index (χ4n) is 1.07. The number of nitroso groups, excluding NO2 is 2. The molecule has 0 amide bonds. The molecule has 0 spiro atoms. The van der Waals surface area contributed by atoms with E-state index in [1.54, 1.807) is 0 Å². The van der Waals surface area contributed by atoms with Gasteiger partial charge in [0.1, 0.15) is 18.0 Å². The molecule has 0 unspecified atom stereocenters. The molecule has 1 rings (SSSR count). The molecule has 0 saturated heterocycles. The quantitative estimate of drug-likeness (QED) is 0.713. The SMILES string of the molecule is O=NCc1cc(O)c(CO)cc1N=O. The Hall–Kier alpha value is -1.82. The molecular weight excluding hydrogens is 188 g/mol. The number of nitrogens with zero attached hydrogens (tertiary/aromatic N) is 2. The Labute approximate surface area is 79.1 Å². The predicted molar refractivity (Wildman–Crippen MR) is 49.0 cm³/mol. The van der Waals surface area contributed by atoms with Gasteiger partial charge in [0.25, 0.3) is 0 Å². The van der Waals surface area contributed by atoms with Crippen molar-refractivity contribution < 1.29 is 10.2 Å². The van der Waals surface area contributed by atoms with E-state index in [9.17, 15) is 14.9 Å². The number of benzene rings is 1. The zero-order chi connectivity index (χ0) is 10.6. The first-order valence-corrected chi connectivity index (χ1v) is 3.81. The lowest BCUT2D eigenvalue weighted by Gasteiger charge is -2.04. The molecule has 6 nitrogen and oxygen atoms in total. The molecule has 6 heteroatoms. The topological polar surface area (TPSA) is 99.3 Å². The van der Waals surface area contributed by atoms with Gasteiger partial charge in [-0.2, -0.15) is 4.91 Å². The van der Waals surface area contributed by atoms with Crippen molar-refractivity contribution in [3.63, 3.8) is 0 Å². The lowest BCUT2D eigenvalue weighted by molar-refractivity contribution is 0.275. The van der Waals surface area contributed by atoms with Gasteiger partial charge < -0.3 is 10.2 Å². The van der Waals surface area contributed by atoms with Crippen molar-refractivity contribution in [2.24, 2.45) is 10.4 Å². The van der Waals surface area contributed by atoms with E-state index in [1.807, 2.05) is 0 Å². The van der Waals surface area contributed by atoms with Crippen molar-refractivity contribution in [2.75, 3.05) is 0 Å². The van der Waals surface area contributed by atoms with Gasteiger partial charge in [0.15, 0.2) is 0 Å². The summed E-state index contributed by atoms with van der Waals surface area (Å²) in [5.74, 6) is -0.182. The molecule has 0 atom stereocenters. The highest BCUT2D eigenvalue weighted by Crippen LogP contribution is 2.28. The van der Waals surface area contributed by atoms with Crippen LogP contribution >= 0.6 is 0 Å². The summed E-state index contributed by atoms with van der Waals surface area (Å²) < 4.78 is 0. The molecule has 2 N–H and O–H groups in total. The van der Waals surface area contributed by atoms with Crippen molar-refractivity contribution in [3.8, 4) is 5.75 Å². The normalized spacial score (nSPS) is 9.79. The van der Waals surface area contributed by atoms with Gasteiger partial charge in [-0.05, 0) is 17.3 Å². The summed E-state index contributed by atoms with van der Waals surface area (Å²) in [6.07, 6.45) is 0. The highest BCUT2D eigenvalue weighted by atomic mass is 16.3. The Balaban J connectivity index is 3.23. The molecule has 0 saturated carbocycles. The van der Waals surface area contributed by atoms with Crippen molar-refractivity contribution in [3.05, 3.63) is 33.1 Å². The van der Waals surface area contributed by atoms with E-state index in [0.29, 0.717) is 0 Å². The van der Waals surface area contributed by atoms with E-state index in [0.717, 1.165) is 0 Å². The van der Waals surface area contributed by atoms with Gasteiger partial charge in [-0.25, -0.2) is 0 Å². The van der Waals surface area contributed by atoms with Crippen molar-refractivity contribution in [2.45, 2.75) is 13.2 Å². The second-order valence-corrected chi connectivity index (χ2v) is 2.65. The number of aliphatic hydroxyl groups is 1. The minimum Gasteiger partial charge on any atom is -0.508 e. The molecule has 0 aliphatic heterocycles. The van der Waals surface area contributed by atoms with Crippen molar-refractivity contribution in [1.29, 1.82) is 0 Å². The van der Waals surface area contributed by atoms with Crippen molar-refractivity contribution in [1.82, 2.24) is 0 Å². The van der Waals surface area contributed by atoms with Crippen LogP contribution in [0.5, 0.6) is 5.75 Å². The number of phenols is 1. The number of hydrogen-bond donors (Lipinski definition) is 2. The van der Waals surface area contributed by atoms with Crippen LogP contribution in [0.4, 0.5) is 5.69 Å². The number of rotatable bonds is 4. The highest BCUT2D eigenvalue weighted by Gasteiger charge is 2.09. The lowest BCUT2D eigenvalue weighted by atomic mass is 10.1. The van der Waals surface area contributed by atoms with Gasteiger partial charge >= 0.3 is 0 Å². The molecule has 0 heterocycles. The van der Waals surface area contributed by atoms with Crippen LogP contribution in [-0.4, -0.2) is 10.2 Å². The average Bonchev–Trinajstić information content (AvgIpc) is 2.19. The molecule has 1 aromatic rings. The second kappa shape index (κ2) is 4.43. The summed E-state index contributed by atoms with van der Waals surface area (Å²) in [5.41, 5.74) is 0.436. The number of aromatic hydroxyl groups is 1. The Bertz CT molecular complexity index is 365. The maximum atomic E-state index is 10.3. The third-order valence-corrected chi connectivity index (χ3v) is 1.78. The molecule has 0 aromatic heterocycles. The lowest BCUT2D eigenvalue weighted by Crippen LogP contribution is -1.88. The Morgan fingerprint density at radius 3 is 2.43 bits per heavy atom. The van der Waals surface area contributed by atoms with Crippen LogP contribution in [0.25, 0.3) is 0 Å². The Kier molecular flexibility index (Phi) is 3.24. The third-order valence-electron chi connectivity index (χ3n) is 1.78. The monoisotopic (exact) mass is 196 g/mol. The van der Waals surface area contributed by atoms with Crippen LogP contribution in [0, 0.1) is 9.81 Å². The minimum atomic E-state index is -0.400. The molecule has 1 aromatic carbocycles. The van der Waals surface area contributed by atoms with E-state index in [4.69, 9.17) is 5.11 Å². The fourth-order valence-corrected chi connectivity index (χ4v) is 1.07. The van der Waals surface area contributed by atoms with Gasteiger partial charge in [-0.3, -0.25) is 0 Å². The Morgan fingerprint density at radius 2 is 1.93 bits per heavy atom. The molecule has 0 bridgehead atoms. The summed E-state index contributed by atoms with van der Waals surface area (Å²) in [4.78, 5) is 20.3. The Morgan fingerprint density at radius 1 is 1.21 bits per heavy atom. The molecular formula is C8H8N2O4. The zero-order valence-electron chi connectivity index (χ0n) is 7.17. The summed E-state index contributed by atoms with van der Waals surface area (Å²) >= 11 is 0.